The fraction of sp³-hybridized carbons (Fsp3) is 0.588. The van der Waals surface area contributed by atoms with Crippen LogP contribution in [0.3, 0.4) is 0 Å². The van der Waals surface area contributed by atoms with Crippen molar-refractivity contribution in [3.8, 4) is 11.5 Å². The molecule has 0 aromatic heterocycles. The van der Waals surface area contributed by atoms with Crippen LogP contribution in [0.1, 0.15) is 69.6 Å². The molecule has 1 unspecified atom stereocenters. The molecule has 21 heavy (non-hydrogen) atoms. The summed E-state index contributed by atoms with van der Waals surface area (Å²) in [6.07, 6.45) is 1.02. The summed E-state index contributed by atoms with van der Waals surface area (Å²) < 4.78 is 5.81. The smallest absolute Gasteiger partial charge is 0.347 e. The lowest BCUT2D eigenvalue weighted by molar-refractivity contribution is -0.155. The number of carboxylic acids is 1. The second kappa shape index (κ2) is 5.24. The topological polar surface area (TPSA) is 66.8 Å². The Morgan fingerprint density at radius 1 is 1.29 bits per heavy atom. The van der Waals surface area contributed by atoms with Crippen LogP contribution in [0.4, 0.5) is 0 Å². The Bertz CT molecular complexity index is 575. The van der Waals surface area contributed by atoms with Crippen LogP contribution in [-0.4, -0.2) is 21.8 Å². The molecule has 1 aromatic carbocycles. The summed E-state index contributed by atoms with van der Waals surface area (Å²) in [6.45, 7) is 9.68. The molecule has 0 amide bonds. The number of aromatic hydroxyl groups is 1. The molecule has 2 rings (SSSR count). The fourth-order valence-electron chi connectivity index (χ4n) is 2.95. The van der Waals surface area contributed by atoms with Crippen molar-refractivity contribution in [1.82, 2.24) is 0 Å². The quantitative estimate of drug-likeness (QED) is 0.889. The lowest BCUT2D eigenvalue weighted by atomic mass is 9.83. The zero-order valence-corrected chi connectivity index (χ0v) is 13.4. The van der Waals surface area contributed by atoms with Gasteiger partial charge in [-0.1, -0.05) is 27.7 Å². The maximum Gasteiger partial charge on any atom is 0.347 e. The van der Waals surface area contributed by atoms with E-state index in [0.717, 1.165) is 16.7 Å². The van der Waals surface area contributed by atoms with E-state index in [4.69, 9.17) is 4.74 Å². The number of carbonyl (C=O) groups is 1. The summed E-state index contributed by atoms with van der Waals surface area (Å²) in [5.74, 6) is 0.306. The van der Waals surface area contributed by atoms with E-state index in [0.29, 0.717) is 24.3 Å². The Balaban J connectivity index is 2.63. The summed E-state index contributed by atoms with van der Waals surface area (Å²) in [7, 11) is 0. The molecular weight excluding hydrogens is 268 g/mol. The molecule has 0 saturated heterocycles. The maximum atomic E-state index is 11.4. The van der Waals surface area contributed by atoms with Crippen molar-refractivity contribution in [1.29, 1.82) is 0 Å². The van der Waals surface area contributed by atoms with Gasteiger partial charge in [-0.25, -0.2) is 4.79 Å². The van der Waals surface area contributed by atoms with E-state index in [1.807, 2.05) is 33.8 Å². The molecule has 0 radical (unpaired) electrons. The van der Waals surface area contributed by atoms with E-state index in [-0.39, 0.29) is 11.8 Å². The summed E-state index contributed by atoms with van der Waals surface area (Å²) in [5.41, 5.74) is 1.47. The average Bonchev–Trinajstić information content (AvgIpc) is 2.37. The van der Waals surface area contributed by atoms with E-state index in [2.05, 4.69) is 0 Å². The zero-order chi connectivity index (χ0) is 15.9. The molecule has 116 valence electrons. The fourth-order valence-corrected chi connectivity index (χ4v) is 2.95. The van der Waals surface area contributed by atoms with Gasteiger partial charge >= 0.3 is 5.97 Å². The van der Waals surface area contributed by atoms with E-state index in [1.165, 1.54) is 0 Å². The highest BCUT2D eigenvalue weighted by Gasteiger charge is 2.40. The van der Waals surface area contributed by atoms with Gasteiger partial charge in [0.05, 0.1) is 0 Å². The standard InChI is InChI=1S/C17H24O4/c1-9(2)12-8-13-11(14(10(3)4)15(12)18)6-7-17(5,21-13)16(19)20/h8-10,18H,6-7H2,1-5H3,(H,19,20). The van der Waals surface area contributed by atoms with Crippen LogP contribution in [-0.2, 0) is 11.2 Å². The van der Waals surface area contributed by atoms with Gasteiger partial charge in [0, 0.05) is 23.1 Å². The van der Waals surface area contributed by atoms with Gasteiger partial charge < -0.3 is 14.9 Å². The highest BCUT2D eigenvalue weighted by molar-refractivity contribution is 5.78. The van der Waals surface area contributed by atoms with Gasteiger partial charge in [-0.2, -0.15) is 0 Å². The highest BCUT2D eigenvalue weighted by Crippen LogP contribution is 2.45. The molecular formula is C17H24O4. The van der Waals surface area contributed by atoms with E-state index in [9.17, 15) is 15.0 Å². The largest absolute Gasteiger partial charge is 0.507 e. The molecule has 0 aliphatic carbocycles. The van der Waals surface area contributed by atoms with Crippen LogP contribution in [0.25, 0.3) is 0 Å². The van der Waals surface area contributed by atoms with E-state index in [1.54, 1.807) is 6.92 Å². The minimum Gasteiger partial charge on any atom is -0.507 e. The SMILES string of the molecule is CC(C)c1cc2c(c(C(C)C)c1O)CCC(C)(C(=O)O)O2. The van der Waals surface area contributed by atoms with Gasteiger partial charge in [0.2, 0.25) is 5.60 Å². The summed E-state index contributed by atoms with van der Waals surface area (Å²) in [5, 5.41) is 19.9. The Hall–Kier alpha value is -1.71. The zero-order valence-electron chi connectivity index (χ0n) is 13.4. The Labute approximate surface area is 125 Å². The predicted molar refractivity (Wildman–Crippen MR) is 81.3 cm³/mol. The van der Waals surface area contributed by atoms with Crippen molar-refractivity contribution in [2.24, 2.45) is 0 Å². The molecule has 0 saturated carbocycles. The van der Waals surface area contributed by atoms with E-state index < -0.39 is 11.6 Å². The van der Waals surface area contributed by atoms with Crippen LogP contribution in [0.5, 0.6) is 11.5 Å². The number of rotatable bonds is 3. The first-order valence-electron chi connectivity index (χ1n) is 7.48. The third-order valence-electron chi connectivity index (χ3n) is 4.28. The lowest BCUT2D eigenvalue weighted by Crippen LogP contribution is -2.44. The Kier molecular flexibility index (Phi) is 3.91. The summed E-state index contributed by atoms with van der Waals surface area (Å²) in [4.78, 5) is 11.4. The normalized spacial score (nSPS) is 21.3. The molecule has 1 aromatic rings. The van der Waals surface area contributed by atoms with Gasteiger partial charge in [-0.05, 0) is 31.2 Å². The van der Waals surface area contributed by atoms with Gasteiger partial charge in [0.15, 0.2) is 0 Å². The third kappa shape index (κ3) is 2.59. The average molecular weight is 292 g/mol. The van der Waals surface area contributed by atoms with Crippen LogP contribution >= 0.6 is 0 Å². The molecule has 1 aliphatic heterocycles. The van der Waals surface area contributed by atoms with Crippen LogP contribution in [0.2, 0.25) is 0 Å². The summed E-state index contributed by atoms with van der Waals surface area (Å²) >= 11 is 0. The number of phenolic OH excluding ortho intramolecular Hbond substituents is 1. The molecule has 2 N–H and O–H groups in total. The third-order valence-corrected chi connectivity index (χ3v) is 4.28. The molecule has 1 aliphatic rings. The van der Waals surface area contributed by atoms with E-state index >= 15 is 0 Å². The molecule has 1 atom stereocenters. The maximum absolute atomic E-state index is 11.4. The van der Waals surface area contributed by atoms with Gasteiger partial charge in [0.1, 0.15) is 11.5 Å². The van der Waals surface area contributed by atoms with Crippen LogP contribution < -0.4 is 4.74 Å². The van der Waals surface area contributed by atoms with Crippen molar-refractivity contribution in [3.05, 3.63) is 22.8 Å². The first-order chi connectivity index (χ1) is 9.67. The molecule has 0 spiro atoms. The van der Waals surface area contributed by atoms with Crippen molar-refractivity contribution in [2.45, 2.75) is 64.9 Å². The minimum atomic E-state index is -1.19. The Morgan fingerprint density at radius 3 is 2.38 bits per heavy atom. The van der Waals surface area contributed by atoms with Crippen molar-refractivity contribution >= 4 is 5.97 Å². The number of hydrogen-bond acceptors (Lipinski definition) is 3. The number of phenols is 1. The summed E-state index contributed by atoms with van der Waals surface area (Å²) in [6, 6.07) is 1.81. The van der Waals surface area contributed by atoms with Crippen LogP contribution in [0, 0.1) is 0 Å². The first-order valence-corrected chi connectivity index (χ1v) is 7.48. The molecule has 4 heteroatoms. The molecule has 1 heterocycles. The highest BCUT2D eigenvalue weighted by atomic mass is 16.5. The molecule has 0 fully saturated rings. The second-order valence-corrected chi connectivity index (χ2v) is 6.65. The van der Waals surface area contributed by atoms with Gasteiger partial charge in [-0.3, -0.25) is 0 Å². The van der Waals surface area contributed by atoms with Crippen molar-refractivity contribution in [2.75, 3.05) is 0 Å². The monoisotopic (exact) mass is 292 g/mol. The van der Waals surface area contributed by atoms with Crippen molar-refractivity contribution in [3.63, 3.8) is 0 Å². The number of aliphatic carboxylic acids is 1. The van der Waals surface area contributed by atoms with Crippen molar-refractivity contribution < 1.29 is 19.7 Å². The van der Waals surface area contributed by atoms with Crippen LogP contribution in [0.15, 0.2) is 6.07 Å². The molecule has 4 nitrogen and oxygen atoms in total. The second-order valence-electron chi connectivity index (χ2n) is 6.65. The predicted octanol–water partition coefficient (Wildman–Crippen LogP) is 3.81. The number of ether oxygens (including phenoxy) is 1. The number of fused-ring (bicyclic) bond motifs is 1. The lowest BCUT2D eigenvalue weighted by Gasteiger charge is -2.34. The first kappa shape index (κ1) is 15.7. The van der Waals surface area contributed by atoms with Gasteiger partial charge in [0.25, 0.3) is 0 Å². The number of hydrogen-bond donors (Lipinski definition) is 2. The number of carboxylic acid groups (broad SMARTS) is 1. The minimum absolute atomic E-state index is 0.148. The van der Waals surface area contributed by atoms with Gasteiger partial charge in [-0.15, -0.1) is 0 Å². The molecule has 0 bridgehead atoms. The number of benzene rings is 1. The Morgan fingerprint density at radius 2 is 1.90 bits per heavy atom.